The fourth-order valence-corrected chi connectivity index (χ4v) is 4.55. The lowest BCUT2D eigenvalue weighted by Crippen LogP contribution is -2.19. The van der Waals surface area contributed by atoms with Gasteiger partial charge in [-0.15, -0.1) is 11.8 Å². The molecule has 4 aromatic carbocycles. The van der Waals surface area contributed by atoms with E-state index in [9.17, 15) is 9.59 Å². The van der Waals surface area contributed by atoms with Gasteiger partial charge in [-0.05, 0) is 78.7 Å². The Morgan fingerprint density at radius 2 is 1.49 bits per heavy atom. The van der Waals surface area contributed by atoms with E-state index in [2.05, 4.69) is 10.6 Å². The maximum Gasteiger partial charge on any atom is 0.255 e. The van der Waals surface area contributed by atoms with Gasteiger partial charge in [0.2, 0.25) is 5.91 Å². The zero-order valence-corrected chi connectivity index (χ0v) is 20.3. The Bertz CT molecular complexity index is 1290. The lowest BCUT2D eigenvalue weighted by Gasteiger charge is -2.17. The first-order valence-electron chi connectivity index (χ1n) is 11.2. The van der Waals surface area contributed by atoms with Crippen molar-refractivity contribution in [2.45, 2.75) is 17.1 Å². The lowest BCUT2D eigenvalue weighted by atomic mass is 10.1. The molecule has 0 fully saturated rings. The molecule has 0 saturated carbocycles. The number of nitrogens with one attached hydrogen (secondary N) is 2. The fourth-order valence-electron chi connectivity index (χ4n) is 3.53. The number of anilines is 2. The summed E-state index contributed by atoms with van der Waals surface area (Å²) in [5.74, 6) is 0.402. The van der Waals surface area contributed by atoms with Gasteiger partial charge in [0.25, 0.3) is 5.91 Å². The smallest absolute Gasteiger partial charge is 0.255 e. The zero-order chi connectivity index (χ0) is 24.6. The third-order valence-electron chi connectivity index (χ3n) is 5.34. The first kappa shape index (κ1) is 24.1. The van der Waals surface area contributed by atoms with Crippen molar-refractivity contribution in [3.63, 3.8) is 0 Å². The third-order valence-corrected chi connectivity index (χ3v) is 6.61. The molecule has 0 heterocycles. The molecule has 0 aliphatic heterocycles. The predicted octanol–water partition coefficient (Wildman–Crippen LogP) is 6.73. The average molecular weight is 483 g/mol. The molecule has 0 aliphatic rings. The van der Waals surface area contributed by atoms with Gasteiger partial charge in [0, 0.05) is 21.8 Å². The van der Waals surface area contributed by atoms with Gasteiger partial charge in [0.15, 0.2) is 0 Å². The van der Waals surface area contributed by atoms with Gasteiger partial charge in [0.05, 0.1) is 7.11 Å². The number of benzene rings is 4. The van der Waals surface area contributed by atoms with Crippen LogP contribution in [0.25, 0.3) is 0 Å². The first-order valence-corrected chi connectivity index (χ1v) is 12.0. The average Bonchev–Trinajstić information content (AvgIpc) is 2.88. The van der Waals surface area contributed by atoms with E-state index in [1.54, 1.807) is 31.4 Å². The van der Waals surface area contributed by atoms with Gasteiger partial charge in [0.1, 0.15) is 11.0 Å². The van der Waals surface area contributed by atoms with Crippen molar-refractivity contribution in [3.05, 3.63) is 120 Å². The number of aryl methyl sites for hydroxylation is 1. The summed E-state index contributed by atoms with van der Waals surface area (Å²) in [4.78, 5) is 26.7. The largest absolute Gasteiger partial charge is 0.497 e. The molecule has 0 aromatic heterocycles. The van der Waals surface area contributed by atoms with E-state index in [-0.39, 0.29) is 11.8 Å². The Balaban J connectivity index is 1.47. The molecule has 0 aliphatic carbocycles. The van der Waals surface area contributed by atoms with Crippen molar-refractivity contribution in [1.29, 1.82) is 0 Å². The van der Waals surface area contributed by atoms with Crippen LogP contribution in [0.3, 0.4) is 0 Å². The molecule has 2 amide bonds. The highest BCUT2D eigenvalue weighted by molar-refractivity contribution is 8.00. The Morgan fingerprint density at radius 1 is 0.771 bits per heavy atom. The molecule has 5 nitrogen and oxygen atoms in total. The van der Waals surface area contributed by atoms with E-state index < -0.39 is 5.25 Å². The Labute approximate surface area is 209 Å². The predicted molar refractivity (Wildman–Crippen MR) is 142 cm³/mol. The number of carbonyl (C=O) groups excluding carboxylic acids is 2. The normalized spacial score (nSPS) is 11.4. The van der Waals surface area contributed by atoms with Crippen LogP contribution in [0.15, 0.2) is 108 Å². The van der Waals surface area contributed by atoms with Crippen molar-refractivity contribution >= 4 is 35.0 Å². The number of rotatable bonds is 8. The van der Waals surface area contributed by atoms with Crippen molar-refractivity contribution in [1.82, 2.24) is 0 Å². The van der Waals surface area contributed by atoms with E-state index in [4.69, 9.17) is 4.74 Å². The third kappa shape index (κ3) is 6.52. The summed E-state index contributed by atoms with van der Waals surface area (Å²) >= 11 is 1.46. The SMILES string of the molecule is COc1ccc(C(=O)Nc2ccc(SC(C(=O)Nc3cccc(C)c3)c3ccccc3)cc2)cc1. The molecule has 6 heteroatoms. The number of thioether (sulfide) groups is 1. The number of ether oxygens (including phenoxy) is 1. The first-order chi connectivity index (χ1) is 17.0. The highest BCUT2D eigenvalue weighted by atomic mass is 32.2. The molecule has 35 heavy (non-hydrogen) atoms. The van der Waals surface area contributed by atoms with Gasteiger partial charge in [-0.3, -0.25) is 9.59 Å². The summed E-state index contributed by atoms with van der Waals surface area (Å²) in [7, 11) is 1.59. The summed E-state index contributed by atoms with van der Waals surface area (Å²) in [5, 5.41) is 5.51. The van der Waals surface area contributed by atoms with Crippen LogP contribution in [0.2, 0.25) is 0 Å². The van der Waals surface area contributed by atoms with Crippen LogP contribution in [-0.2, 0) is 4.79 Å². The van der Waals surface area contributed by atoms with Crippen LogP contribution >= 0.6 is 11.8 Å². The van der Waals surface area contributed by atoms with Crippen LogP contribution in [0.4, 0.5) is 11.4 Å². The molecule has 4 aromatic rings. The number of methoxy groups -OCH3 is 1. The second-order valence-corrected chi connectivity index (χ2v) is 9.15. The van der Waals surface area contributed by atoms with Crippen LogP contribution in [0.5, 0.6) is 5.75 Å². The Hall–Kier alpha value is -4.03. The minimum Gasteiger partial charge on any atom is -0.497 e. The minimum atomic E-state index is -0.434. The standard InChI is InChI=1S/C29H26N2O3S/c1-20-7-6-10-24(19-20)31-29(33)27(21-8-4-3-5-9-21)35-26-17-13-23(14-18-26)30-28(32)22-11-15-25(34-2)16-12-22/h3-19,27H,1-2H3,(H,30,32)(H,31,33). The molecule has 0 bridgehead atoms. The van der Waals surface area contributed by atoms with Crippen molar-refractivity contribution in [3.8, 4) is 5.75 Å². The fraction of sp³-hybridized carbons (Fsp3) is 0.103. The Morgan fingerprint density at radius 3 is 2.14 bits per heavy atom. The van der Waals surface area contributed by atoms with Gasteiger partial charge >= 0.3 is 0 Å². The van der Waals surface area contributed by atoms with Crippen molar-refractivity contribution in [2.24, 2.45) is 0 Å². The lowest BCUT2D eigenvalue weighted by molar-refractivity contribution is -0.115. The second-order valence-electron chi connectivity index (χ2n) is 7.97. The summed E-state index contributed by atoms with van der Waals surface area (Å²) in [6, 6.07) is 31.9. The molecular formula is C29H26N2O3S. The summed E-state index contributed by atoms with van der Waals surface area (Å²) < 4.78 is 5.14. The maximum atomic E-state index is 13.2. The van der Waals surface area contributed by atoms with Crippen molar-refractivity contribution in [2.75, 3.05) is 17.7 Å². The van der Waals surface area contributed by atoms with Crippen molar-refractivity contribution < 1.29 is 14.3 Å². The molecule has 0 spiro atoms. The number of hydrogen-bond acceptors (Lipinski definition) is 4. The Kier molecular flexibility index (Phi) is 7.85. The molecule has 0 radical (unpaired) electrons. The van der Waals surface area contributed by atoms with Crippen LogP contribution < -0.4 is 15.4 Å². The molecule has 2 N–H and O–H groups in total. The topological polar surface area (TPSA) is 67.4 Å². The molecule has 1 unspecified atom stereocenters. The zero-order valence-electron chi connectivity index (χ0n) is 19.5. The summed E-state index contributed by atoms with van der Waals surface area (Å²) in [6.07, 6.45) is 0. The maximum absolute atomic E-state index is 13.2. The van der Waals surface area contributed by atoms with Crippen LogP contribution in [0, 0.1) is 6.92 Å². The van der Waals surface area contributed by atoms with E-state index in [0.29, 0.717) is 17.0 Å². The molecule has 0 saturated heterocycles. The number of amides is 2. The molecular weight excluding hydrogens is 456 g/mol. The minimum absolute atomic E-state index is 0.0938. The van der Waals surface area contributed by atoms with E-state index >= 15 is 0 Å². The van der Waals surface area contributed by atoms with E-state index in [1.165, 1.54) is 11.8 Å². The van der Waals surface area contributed by atoms with Crippen LogP contribution in [0.1, 0.15) is 26.7 Å². The van der Waals surface area contributed by atoms with E-state index in [1.807, 2.05) is 85.8 Å². The summed E-state index contributed by atoms with van der Waals surface area (Å²) in [6.45, 7) is 1.99. The van der Waals surface area contributed by atoms with Crippen LogP contribution in [-0.4, -0.2) is 18.9 Å². The van der Waals surface area contributed by atoms with Gasteiger partial charge in [-0.25, -0.2) is 0 Å². The molecule has 176 valence electrons. The van der Waals surface area contributed by atoms with Gasteiger partial charge in [-0.2, -0.15) is 0 Å². The number of carbonyl (C=O) groups is 2. The second kappa shape index (κ2) is 11.4. The number of hydrogen-bond donors (Lipinski definition) is 2. The highest BCUT2D eigenvalue weighted by Crippen LogP contribution is 2.36. The van der Waals surface area contributed by atoms with E-state index in [0.717, 1.165) is 21.7 Å². The monoisotopic (exact) mass is 482 g/mol. The molecule has 4 rings (SSSR count). The molecule has 1 atom stereocenters. The van der Waals surface area contributed by atoms with Gasteiger partial charge in [-0.1, -0.05) is 42.5 Å². The van der Waals surface area contributed by atoms with Gasteiger partial charge < -0.3 is 15.4 Å². The highest BCUT2D eigenvalue weighted by Gasteiger charge is 2.22. The quantitative estimate of drug-likeness (QED) is 0.273. The summed E-state index contributed by atoms with van der Waals surface area (Å²) in [5.41, 5.74) is 3.99.